The van der Waals surface area contributed by atoms with Gasteiger partial charge in [-0.15, -0.1) is 0 Å². The topological polar surface area (TPSA) is 84.2 Å². The van der Waals surface area contributed by atoms with Crippen molar-refractivity contribution in [1.82, 2.24) is 10.6 Å². The number of nitrogens with one attached hydrogen (secondary N) is 2. The van der Waals surface area contributed by atoms with E-state index in [9.17, 15) is 9.59 Å². The van der Waals surface area contributed by atoms with Gasteiger partial charge in [-0.2, -0.15) is 0 Å². The Morgan fingerprint density at radius 2 is 1.88 bits per heavy atom. The van der Waals surface area contributed by atoms with Crippen LogP contribution in [-0.4, -0.2) is 30.9 Å². The van der Waals surface area contributed by atoms with Crippen molar-refractivity contribution in [2.45, 2.75) is 39.7 Å². The second-order valence-corrected chi connectivity index (χ2v) is 4.31. The maximum absolute atomic E-state index is 11.4. The van der Waals surface area contributed by atoms with Crippen molar-refractivity contribution in [3.63, 3.8) is 0 Å². The van der Waals surface area contributed by atoms with Crippen LogP contribution in [0.3, 0.4) is 0 Å². The Morgan fingerprint density at radius 1 is 1.25 bits per heavy atom. The summed E-state index contributed by atoms with van der Waals surface area (Å²) in [4.78, 5) is 22.6. The zero-order valence-electron chi connectivity index (χ0n) is 10.4. The van der Waals surface area contributed by atoms with Crippen molar-refractivity contribution >= 4 is 11.8 Å². The van der Waals surface area contributed by atoms with Crippen LogP contribution in [0.25, 0.3) is 0 Å². The smallest absolute Gasteiger partial charge is 0.239 e. The normalized spacial score (nSPS) is 12.3. The molecule has 0 spiro atoms. The molecule has 1 atom stereocenters. The summed E-state index contributed by atoms with van der Waals surface area (Å²) in [6.45, 7) is 6.60. The van der Waals surface area contributed by atoms with Gasteiger partial charge in [0.15, 0.2) is 0 Å². The predicted octanol–water partition coefficient (Wildman–Crippen LogP) is 0.00220. The van der Waals surface area contributed by atoms with E-state index in [1.165, 1.54) is 0 Å². The molecule has 0 rings (SSSR count). The van der Waals surface area contributed by atoms with Gasteiger partial charge in [0.25, 0.3) is 0 Å². The molecule has 4 N–H and O–H groups in total. The van der Waals surface area contributed by atoms with Crippen LogP contribution in [0.2, 0.25) is 0 Å². The maximum atomic E-state index is 11.4. The fraction of sp³-hybridized carbons (Fsp3) is 0.818. The van der Waals surface area contributed by atoms with Gasteiger partial charge in [-0.1, -0.05) is 27.2 Å². The molecule has 0 aliphatic rings. The summed E-state index contributed by atoms with van der Waals surface area (Å²) in [5.74, 6) is -0.0331. The van der Waals surface area contributed by atoms with Crippen LogP contribution in [-0.2, 0) is 9.59 Å². The first-order valence-corrected chi connectivity index (χ1v) is 5.77. The van der Waals surface area contributed by atoms with Gasteiger partial charge in [-0.05, 0) is 12.3 Å². The predicted molar refractivity (Wildman–Crippen MR) is 63.7 cm³/mol. The molecule has 0 aliphatic carbocycles. The number of carbonyl (C=O) groups is 2. The van der Waals surface area contributed by atoms with Crippen LogP contribution < -0.4 is 16.4 Å². The van der Waals surface area contributed by atoms with E-state index in [-0.39, 0.29) is 18.4 Å². The molecule has 0 heterocycles. The lowest BCUT2D eigenvalue weighted by Gasteiger charge is -2.11. The fourth-order valence-corrected chi connectivity index (χ4v) is 1.12. The average Bonchev–Trinajstić information content (AvgIpc) is 2.23. The van der Waals surface area contributed by atoms with Crippen molar-refractivity contribution in [2.75, 3.05) is 13.1 Å². The van der Waals surface area contributed by atoms with E-state index in [4.69, 9.17) is 5.73 Å². The van der Waals surface area contributed by atoms with Gasteiger partial charge in [0.1, 0.15) is 0 Å². The van der Waals surface area contributed by atoms with E-state index in [0.717, 1.165) is 6.42 Å². The number of rotatable bonds is 7. The maximum Gasteiger partial charge on any atom is 0.239 e. The van der Waals surface area contributed by atoms with Gasteiger partial charge in [0, 0.05) is 6.54 Å². The minimum absolute atomic E-state index is 0.00294. The molecule has 2 amide bonds. The van der Waals surface area contributed by atoms with Crippen LogP contribution >= 0.6 is 0 Å². The van der Waals surface area contributed by atoms with Crippen molar-refractivity contribution in [3.05, 3.63) is 0 Å². The summed E-state index contributed by atoms with van der Waals surface area (Å²) in [7, 11) is 0. The number of nitrogens with two attached hydrogens (primary N) is 1. The molecular weight excluding hydrogens is 206 g/mol. The molecule has 0 saturated heterocycles. The molecule has 0 aromatic heterocycles. The molecule has 5 nitrogen and oxygen atoms in total. The van der Waals surface area contributed by atoms with E-state index in [2.05, 4.69) is 10.6 Å². The molecule has 0 radical (unpaired) electrons. The Labute approximate surface area is 97.2 Å². The molecule has 0 aliphatic heterocycles. The first-order chi connectivity index (χ1) is 7.47. The molecular formula is C11H23N3O2. The minimum Gasteiger partial charge on any atom is -0.354 e. The summed E-state index contributed by atoms with van der Waals surface area (Å²) < 4.78 is 0. The van der Waals surface area contributed by atoms with Gasteiger partial charge in [-0.25, -0.2) is 0 Å². The molecule has 0 aromatic carbocycles. The van der Waals surface area contributed by atoms with E-state index < -0.39 is 6.04 Å². The second kappa shape index (κ2) is 8.10. The highest BCUT2D eigenvalue weighted by molar-refractivity contribution is 5.87. The molecule has 0 fully saturated rings. The summed E-state index contributed by atoms with van der Waals surface area (Å²) in [5.41, 5.74) is 5.59. The van der Waals surface area contributed by atoms with Crippen molar-refractivity contribution < 1.29 is 9.59 Å². The molecule has 5 heteroatoms. The third kappa shape index (κ3) is 7.23. The Bertz CT molecular complexity index is 229. The van der Waals surface area contributed by atoms with Crippen molar-refractivity contribution in [3.8, 4) is 0 Å². The highest BCUT2D eigenvalue weighted by Crippen LogP contribution is 1.92. The lowest BCUT2D eigenvalue weighted by atomic mass is 10.2. The quantitative estimate of drug-likeness (QED) is 0.574. The first kappa shape index (κ1) is 14.9. The van der Waals surface area contributed by atoms with Crippen LogP contribution in [0.4, 0.5) is 0 Å². The van der Waals surface area contributed by atoms with Crippen LogP contribution in [0, 0.1) is 5.92 Å². The van der Waals surface area contributed by atoms with Gasteiger partial charge in [0.05, 0.1) is 12.6 Å². The van der Waals surface area contributed by atoms with Gasteiger partial charge in [-0.3, -0.25) is 9.59 Å². The number of hydrogen-bond donors (Lipinski definition) is 3. The zero-order valence-corrected chi connectivity index (χ0v) is 10.4. The largest absolute Gasteiger partial charge is 0.354 e. The number of amides is 2. The third-order valence-corrected chi connectivity index (χ3v) is 2.07. The summed E-state index contributed by atoms with van der Waals surface area (Å²) in [5, 5.41) is 5.23. The van der Waals surface area contributed by atoms with E-state index in [1.54, 1.807) is 0 Å². The second-order valence-electron chi connectivity index (χ2n) is 4.31. The van der Waals surface area contributed by atoms with Gasteiger partial charge >= 0.3 is 0 Å². The number of hydrogen-bond acceptors (Lipinski definition) is 3. The zero-order chi connectivity index (χ0) is 12.6. The van der Waals surface area contributed by atoms with Gasteiger partial charge < -0.3 is 16.4 Å². The molecule has 16 heavy (non-hydrogen) atoms. The lowest BCUT2D eigenvalue weighted by molar-refractivity contribution is -0.126. The molecule has 0 bridgehead atoms. The average molecular weight is 229 g/mol. The third-order valence-electron chi connectivity index (χ3n) is 2.07. The summed E-state index contributed by atoms with van der Waals surface area (Å²) in [6.07, 6.45) is 1.49. The lowest BCUT2D eigenvalue weighted by Crippen LogP contribution is -2.45. The monoisotopic (exact) mass is 229 g/mol. The van der Waals surface area contributed by atoms with E-state index >= 15 is 0 Å². The Morgan fingerprint density at radius 3 is 2.38 bits per heavy atom. The minimum atomic E-state index is -0.511. The van der Waals surface area contributed by atoms with E-state index in [1.807, 2.05) is 20.8 Å². The molecule has 0 saturated carbocycles. The van der Waals surface area contributed by atoms with E-state index in [0.29, 0.717) is 18.9 Å². The van der Waals surface area contributed by atoms with Crippen LogP contribution in [0.15, 0.2) is 0 Å². The highest BCUT2D eigenvalue weighted by atomic mass is 16.2. The molecule has 0 aromatic rings. The standard InChI is InChI=1S/C11H23N3O2/c1-4-5-9(12)11(16)14-7-10(15)13-6-8(2)3/h8-9H,4-7,12H2,1-3H3,(H,13,15)(H,14,16). The highest BCUT2D eigenvalue weighted by Gasteiger charge is 2.12. The van der Waals surface area contributed by atoms with Gasteiger partial charge in [0.2, 0.25) is 11.8 Å². The Balaban J connectivity index is 3.70. The summed E-state index contributed by atoms with van der Waals surface area (Å²) >= 11 is 0. The molecule has 1 unspecified atom stereocenters. The summed E-state index contributed by atoms with van der Waals surface area (Å²) in [6, 6.07) is -0.511. The fourth-order valence-electron chi connectivity index (χ4n) is 1.12. The first-order valence-electron chi connectivity index (χ1n) is 5.77. The van der Waals surface area contributed by atoms with Crippen molar-refractivity contribution in [1.29, 1.82) is 0 Å². The van der Waals surface area contributed by atoms with Crippen LogP contribution in [0.5, 0.6) is 0 Å². The molecule has 94 valence electrons. The SMILES string of the molecule is CCCC(N)C(=O)NCC(=O)NCC(C)C. The number of carbonyl (C=O) groups excluding carboxylic acids is 2. The van der Waals surface area contributed by atoms with Crippen LogP contribution in [0.1, 0.15) is 33.6 Å². The van der Waals surface area contributed by atoms with Crippen molar-refractivity contribution in [2.24, 2.45) is 11.7 Å². The Kier molecular flexibility index (Phi) is 7.54. The Hall–Kier alpha value is -1.10.